The van der Waals surface area contributed by atoms with E-state index < -0.39 is 17.6 Å². The molecule has 5 nitrogen and oxygen atoms in total. The third kappa shape index (κ3) is 4.24. The summed E-state index contributed by atoms with van der Waals surface area (Å²) in [6.07, 6.45) is 3.68. The summed E-state index contributed by atoms with van der Waals surface area (Å²) in [5.41, 5.74) is 2.66. The van der Waals surface area contributed by atoms with Gasteiger partial charge in [-0.1, -0.05) is 11.6 Å². The van der Waals surface area contributed by atoms with Gasteiger partial charge in [0.1, 0.15) is 0 Å². The van der Waals surface area contributed by atoms with Gasteiger partial charge in [0.05, 0.1) is 23.0 Å². The first-order valence-electron chi connectivity index (χ1n) is 10.5. The average Bonchev–Trinajstić information content (AvgIpc) is 3.51. The maximum atomic E-state index is 13.1. The van der Waals surface area contributed by atoms with E-state index in [9.17, 15) is 18.0 Å². The zero-order valence-electron chi connectivity index (χ0n) is 17.0. The lowest BCUT2D eigenvalue weighted by molar-refractivity contribution is -0.137. The molecule has 1 atom stereocenters. The summed E-state index contributed by atoms with van der Waals surface area (Å²) in [6, 6.07) is 6.47. The minimum absolute atomic E-state index is 0.118. The van der Waals surface area contributed by atoms with Crippen LogP contribution in [-0.2, 0) is 12.6 Å². The predicted octanol–water partition coefficient (Wildman–Crippen LogP) is 5.62. The topological polar surface area (TPSA) is 59.8 Å². The highest BCUT2D eigenvalue weighted by Gasteiger charge is 2.32. The van der Waals surface area contributed by atoms with Crippen molar-refractivity contribution in [2.24, 2.45) is 0 Å². The number of halogens is 4. The summed E-state index contributed by atoms with van der Waals surface area (Å²) in [7, 11) is 0. The molecule has 2 heterocycles. The maximum Gasteiger partial charge on any atom is 0.416 e. The molecule has 0 bridgehead atoms. The van der Waals surface area contributed by atoms with E-state index in [1.165, 1.54) is 6.07 Å². The number of fused-ring (bicyclic) bond motifs is 1. The molecule has 9 heteroatoms. The lowest BCUT2D eigenvalue weighted by Gasteiger charge is -2.23. The molecule has 0 unspecified atom stereocenters. The number of rotatable bonds is 4. The second-order valence-corrected chi connectivity index (χ2v) is 8.77. The van der Waals surface area contributed by atoms with Crippen molar-refractivity contribution in [3.8, 4) is 5.69 Å². The highest BCUT2D eigenvalue weighted by atomic mass is 35.5. The van der Waals surface area contributed by atoms with Gasteiger partial charge in [-0.25, -0.2) is 4.68 Å². The number of aryl methyl sites for hydroxylation is 1. The predicted molar refractivity (Wildman–Crippen MR) is 113 cm³/mol. The Morgan fingerprint density at radius 1 is 1.16 bits per heavy atom. The van der Waals surface area contributed by atoms with Crippen molar-refractivity contribution < 1.29 is 18.0 Å². The van der Waals surface area contributed by atoms with Crippen molar-refractivity contribution in [1.82, 2.24) is 20.1 Å². The second kappa shape index (κ2) is 7.92. The fraction of sp³-hybridized carbons (Fsp3) is 0.348. The monoisotopic (exact) mass is 460 g/mol. The van der Waals surface area contributed by atoms with E-state index in [0.717, 1.165) is 60.5 Å². The van der Waals surface area contributed by atoms with Crippen LogP contribution in [-0.4, -0.2) is 20.7 Å². The number of hydrogen-bond acceptors (Lipinski definition) is 3. The van der Waals surface area contributed by atoms with Crippen molar-refractivity contribution in [3.63, 3.8) is 0 Å². The van der Waals surface area contributed by atoms with Crippen molar-refractivity contribution >= 4 is 17.5 Å². The van der Waals surface area contributed by atoms with E-state index in [2.05, 4.69) is 10.3 Å². The van der Waals surface area contributed by atoms with Gasteiger partial charge >= 0.3 is 6.18 Å². The van der Waals surface area contributed by atoms with Crippen molar-refractivity contribution in [1.29, 1.82) is 0 Å². The van der Waals surface area contributed by atoms with Gasteiger partial charge < -0.3 is 5.32 Å². The molecule has 1 aromatic carbocycles. The largest absolute Gasteiger partial charge is 0.416 e. The highest BCUT2D eigenvalue weighted by Crippen LogP contribution is 2.39. The Hall–Kier alpha value is -2.87. The summed E-state index contributed by atoms with van der Waals surface area (Å²) in [6.45, 7) is 0. The summed E-state index contributed by atoms with van der Waals surface area (Å²) >= 11 is 5.84. The maximum absolute atomic E-state index is 13.1. The molecule has 0 radical (unpaired) electrons. The van der Waals surface area contributed by atoms with E-state index in [4.69, 9.17) is 16.7 Å². The third-order valence-corrected chi connectivity index (χ3v) is 6.14. The minimum Gasteiger partial charge on any atom is -0.345 e. The molecule has 1 fully saturated rings. The van der Waals surface area contributed by atoms with E-state index in [0.29, 0.717) is 12.3 Å². The number of alkyl halides is 3. The molecule has 1 N–H and O–H groups in total. The van der Waals surface area contributed by atoms with E-state index in [1.54, 1.807) is 10.9 Å². The summed E-state index contributed by atoms with van der Waals surface area (Å²) < 4.78 is 41.1. The second-order valence-electron chi connectivity index (χ2n) is 8.33. The molecule has 0 saturated heterocycles. The van der Waals surface area contributed by atoms with Crippen LogP contribution in [0.25, 0.3) is 5.69 Å². The normalized spacial score (nSPS) is 18.3. The van der Waals surface area contributed by atoms with Gasteiger partial charge in [-0.05, 0) is 62.4 Å². The van der Waals surface area contributed by atoms with Gasteiger partial charge in [-0.3, -0.25) is 9.78 Å². The molecular formula is C23H20ClF3N4O. The molecule has 2 aliphatic rings. The number of benzene rings is 1. The number of carbonyl (C=O) groups excluding carboxylic acids is 1. The fourth-order valence-electron chi connectivity index (χ4n) is 4.13. The molecular weight excluding hydrogens is 441 g/mol. The molecule has 2 aliphatic carbocycles. The first kappa shape index (κ1) is 21.0. The van der Waals surface area contributed by atoms with Crippen LogP contribution in [0, 0.1) is 0 Å². The zero-order chi connectivity index (χ0) is 22.5. The molecule has 2 aromatic heterocycles. The molecule has 32 heavy (non-hydrogen) atoms. The number of hydrogen-bond donors (Lipinski definition) is 1. The van der Waals surface area contributed by atoms with Gasteiger partial charge in [-0.2, -0.15) is 18.3 Å². The molecule has 3 aromatic rings. The third-order valence-electron chi connectivity index (χ3n) is 5.92. The Bertz CT molecular complexity index is 1190. The van der Waals surface area contributed by atoms with Crippen LogP contribution in [0.2, 0.25) is 5.02 Å². The van der Waals surface area contributed by atoms with Gasteiger partial charge in [0.2, 0.25) is 0 Å². The number of aromatic nitrogens is 3. The van der Waals surface area contributed by atoms with Crippen LogP contribution in [0.5, 0.6) is 0 Å². The number of nitrogens with one attached hydrogen (secondary N) is 1. The van der Waals surface area contributed by atoms with Crippen LogP contribution in [0.4, 0.5) is 13.2 Å². The Morgan fingerprint density at radius 3 is 2.72 bits per heavy atom. The van der Waals surface area contributed by atoms with Crippen LogP contribution in [0.3, 0.4) is 0 Å². The lowest BCUT2D eigenvalue weighted by atomic mass is 9.93. The fourth-order valence-corrected chi connectivity index (χ4v) is 4.36. The lowest BCUT2D eigenvalue weighted by Crippen LogP contribution is -2.30. The van der Waals surface area contributed by atoms with Crippen LogP contribution in [0.1, 0.15) is 70.5 Å². The molecule has 5 rings (SSSR count). The molecule has 1 amide bonds. The summed E-state index contributed by atoms with van der Waals surface area (Å²) in [5.74, 6) is -0.0741. The molecule has 1 saturated carbocycles. The van der Waals surface area contributed by atoms with Crippen molar-refractivity contribution in [3.05, 3.63) is 75.8 Å². The van der Waals surface area contributed by atoms with Gasteiger partial charge in [-0.15, -0.1) is 0 Å². The Kier molecular flexibility index (Phi) is 5.20. The van der Waals surface area contributed by atoms with Gasteiger partial charge in [0, 0.05) is 40.2 Å². The Morgan fingerprint density at radius 2 is 1.97 bits per heavy atom. The number of carbonyl (C=O) groups is 1. The van der Waals surface area contributed by atoms with Crippen LogP contribution in [0.15, 0.2) is 42.7 Å². The number of pyridine rings is 1. The quantitative estimate of drug-likeness (QED) is 0.549. The van der Waals surface area contributed by atoms with Crippen LogP contribution < -0.4 is 5.32 Å². The van der Waals surface area contributed by atoms with Gasteiger partial charge in [0.15, 0.2) is 0 Å². The number of amides is 1. The molecule has 0 aliphatic heterocycles. The summed E-state index contributed by atoms with van der Waals surface area (Å²) in [4.78, 5) is 17.2. The zero-order valence-corrected chi connectivity index (χ0v) is 17.7. The standard InChI is InChI=1S/C23H20ClF3N4O/c24-16-9-14(8-15(10-16)23(25,26)27)22(32)29-19-2-1-3-20-18(19)12-31(30-20)17-6-7-28-21(11-17)13-4-5-13/h6-13,19H,1-5H2,(H,29,32)/t19-/m1/s1. The molecule has 0 spiro atoms. The van der Waals surface area contributed by atoms with E-state index in [-0.39, 0.29) is 16.6 Å². The minimum atomic E-state index is -4.58. The summed E-state index contributed by atoms with van der Waals surface area (Å²) in [5, 5.41) is 7.44. The van der Waals surface area contributed by atoms with Crippen molar-refractivity contribution in [2.45, 2.75) is 50.2 Å². The van der Waals surface area contributed by atoms with Crippen molar-refractivity contribution in [2.75, 3.05) is 0 Å². The van der Waals surface area contributed by atoms with Crippen LogP contribution >= 0.6 is 11.6 Å². The van der Waals surface area contributed by atoms with E-state index >= 15 is 0 Å². The van der Waals surface area contributed by atoms with E-state index in [1.807, 2.05) is 18.3 Å². The first-order chi connectivity index (χ1) is 15.3. The first-order valence-corrected chi connectivity index (χ1v) is 10.9. The van der Waals surface area contributed by atoms with Gasteiger partial charge in [0.25, 0.3) is 5.91 Å². The average molecular weight is 461 g/mol. The smallest absolute Gasteiger partial charge is 0.345 e. The Balaban J connectivity index is 1.40. The highest BCUT2D eigenvalue weighted by molar-refractivity contribution is 6.31. The Labute approximate surface area is 187 Å². The molecule has 166 valence electrons. The number of nitrogens with zero attached hydrogens (tertiary/aromatic N) is 3. The SMILES string of the molecule is O=C(N[C@@H]1CCCc2nn(-c3ccnc(C4CC4)c3)cc21)c1cc(Cl)cc(C(F)(F)F)c1.